The highest BCUT2D eigenvalue weighted by atomic mass is 32.1. The Bertz CT molecular complexity index is 1210. The number of carbonyl (C=O) groups is 2. The lowest BCUT2D eigenvalue weighted by molar-refractivity contribution is 0.0974. The normalized spacial score (nSPS) is 10.9. The van der Waals surface area contributed by atoms with Crippen molar-refractivity contribution in [2.24, 2.45) is 0 Å². The number of carbonyl (C=O) groups excluding carboxylic acids is 2. The quantitative estimate of drug-likeness (QED) is 0.260. The number of nitrogen functional groups attached to an aromatic ring is 1. The van der Waals surface area contributed by atoms with Gasteiger partial charge in [-0.25, -0.2) is 0 Å². The highest BCUT2D eigenvalue weighted by Crippen LogP contribution is 2.26. The number of para-hydroxylation sites is 1. The molecular formula is C27H29N3O3S. The Morgan fingerprint density at radius 2 is 1.68 bits per heavy atom. The second-order valence-corrected chi connectivity index (χ2v) is 9.36. The van der Waals surface area contributed by atoms with Gasteiger partial charge in [-0.05, 0) is 53.5 Å². The van der Waals surface area contributed by atoms with E-state index in [1.807, 2.05) is 12.1 Å². The smallest absolute Gasteiger partial charge is 0.257 e. The van der Waals surface area contributed by atoms with E-state index in [4.69, 9.17) is 22.7 Å². The van der Waals surface area contributed by atoms with Crippen LogP contribution in [0.5, 0.6) is 5.75 Å². The van der Waals surface area contributed by atoms with Gasteiger partial charge in [0.1, 0.15) is 5.75 Å². The molecule has 0 radical (unpaired) electrons. The minimum atomic E-state index is -0.299. The first-order valence-electron chi connectivity index (χ1n) is 10.9. The fraction of sp³-hybridized carbons (Fsp3) is 0.222. The van der Waals surface area contributed by atoms with E-state index in [9.17, 15) is 9.59 Å². The van der Waals surface area contributed by atoms with Crippen LogP contribution in [0.2, 0.25) is 0 Å². The van der Waals surface area contributed by atoms with Crippen molar-refractivity contribution in [3.63, 3.8) is 0 Å². The first kappa shape index (κ1) is 24.9. The van der Waals surface area contributed by atoms with Crippen molar-refractivity contribution < 1.29 is 14.3 Å². The summed E-state index contributed by atoms with van der Waals surface area (Å²) in [5.74, 6) is 0.129. The third kappa shape index (κ3) is 6.20. The van der Waals surface area contributed by atoms with Crippen LogP contribution in [0.25, 0.3) is 0 Å². The first-order valence-corrected chi connectivity index (χ1v) is 11.3. The summed E-state index contributed by atoms with van der Waals surface area (Å²) in [5.41, 5.74) is 9.86. The summed E-state index contributed by atoms with van der Waals surface area (Å²) in [6.07, 6.45) is 0.142. The number of Topliss-reactive ketones (excluding diaryl/α,β-unsaturated/α-hetero) is 1. The van der Waals surface area contributed by atoms with E-state index in [2.05, 4.69) is 31.4 Å². The van der Waals surface area contributed by atoms with Crippen LogP contribution in [0.15, 0.2) is 66.7 Å². The number of nitrogens with one attached hydrogen (secondary N) is 2. The van der Waals surface area contributed by atoms with Crippen LogP contribution in [-0.4, -0.2) is 23.9 Å². The van der Waals surface area contributed by atoms with E-state index in [0.717, 1.165) is 11.1 Å². The lowest BCUT2D eigenvalue weighted by atomic mass is 9.87. The number of ether oxygens (including phenoxy) is 1. The zero-order valence-corrected chi connectivity index (χ0v) is 20.6. The van der Waals surface area contributed by atoms with E-state index in [1.54, 1.807) is 54.6 Å². The molecule has 0 aliphatic carbocycles. The highest BCUT2D eigenvalue weighted by molar-refractivity contribution is 7.80. The molecule has 0 atom stereocenters. The molecule has 0 bridgehead atoms. The third-order valence-electron chi connectivity index (χ3n) is 5.40. The summed E-state index contributed by atoms with van der Waals surface area (Å²) in [6, 6.07) is 19.7. The number of methoxy groups -OCH3 is 1. The summed E-state index contributed by atoms with van der Waals surface area (Å²) >= 11 is 5.31. The molecule has 0 saturated heterocycles. The molecule has 6 nitrogen and oxygen atoms in total. The van der Waals surface area contributed by atoms with Gasteiger partial charge >= 0.3 is 0 Å². The van der Waals surface area contributed by atoms with Crippen LogP contribution in [0, 0.1) is 0 Å². The number of rotatable bonds is 6. The lowest BCUT2D eigenvalue weighted by Crippen LogP contribution is -2.34. The Morgan fingerprint density at radius 3 is 2.29 bits per heavy atom. The molecule has 3 aromatic rings. The van der Waals surface area contributed by atoms with Crippen LogP contribution in [-0.2, 0) is 11.8 Å². The van der Waals surface area contributed by atoms with Gasteiger partial charge in [-0.15, -0.1) is 0 Å². The van der Waals surface area contributed by atoms with Crippen LogP contribution in [0.1, 0.15) is 52.6 Å². The van der Waals surface area contributed by atoms with E-state index < -0.39 is 0 Å². The number of anilines is 2. The Balaban J connectivity index is 1.65. The maximum Gasteiger partial charge on any atom is 0.257 e. The molecule has 1 amide bonds. The van der Waals surface area contributed by atoms with E-state index in [0.29, 0.717) is 28.3 Å². The van der Waals surface area contributed by atoms with Gasteiger partial charge < -0.3 is 15.8 Å². The molecule has 0 aliphatic rings. The van der Waals surface area contributed by atoms with Crippen LogP contribution >= 0.6 is 12.2 Å². The fourth-order valence-corrected chi connectivity index (χ4v) is 3.66. The molecule has 0 unspecified atom stereocenters. The SMILES string of the molecule is COc1cc(NC(=S)NC(=O)c2ccc(C(C)(C)C)cc2)ccc1CC(=O)c1ccccc1N. The van der Waals surface area contributed by atoms with Gasteiger partial charge in [0.15, 0.2) is 10.9 Å². The summed E-state index contributed by atoms with van der Waals surface area (Å²) < 4.78 is 5.47. The van der Waals surface area contributed by atoms with Gasteiger partial charge in [0.25, 0.3) is 5.91 Å². The van der Waals surface area contributed by atoms with E-state index >= 15 is 0 Å². The lowest BCUT2D eigenvalue weighted by Gasteiger charge is -2.19. The van der Waals surface area contributed by atoms with Gasteiger partial charge in [-0.3, -0.25) is 14.9 Å². The van der Waals surface area contributed by atoms with E-state index in [1.165, 1.54) is 7.11 Å². The Kier molecular flexibility index (Phi) is 7.68. The summed E-state index contributed by atoms with van der Waals surface area (Å²) in [4.78, 5) is 25.2. The van der Waals surface area contributed by atoms with Gasteiger partial charge in [0.05, 0.1) is 7.11 Å². The molecular weight excluding hydrogens is 446 g/mol. The topological polar surface area (TPSA) is 93.5 Å². The maximum absolute atomic E-state index is 12.7. The maximum atomic E-state index is 12.7. The predicted octanol–water partition coefficient (Wildman–Crippen LogP) is 5.13. The third-order valence-corrected chi connectivity index (χ3v) is 5.60. The Morgan fingerprint density at radius 1 is 1.00 bits per heavy atom. The number of benzene rings is 3. The summed E-state index contributed by atoms with van der Waals surface area (Å²) in [7, 11) is 1.53. The number of hydrogen-bond acceptors (Lipinski definition) is 5. The first-order chi connectivity index (χ1) is 16.1. The minimum Gasteiger partial charge on any atom is -0.496 e. The molecule has 3 rings (SSSR count). The van der Waals surface area contributed by atoms with Crippen LogP contribution < -0.4 is 21.1 Å². The molecule has 4 N–H and O–H groups in total. The molecule has 34 heavy (non-hydrogen) atoms. The Labute approximate surface area is 205 Å². The van der Waals surface area contributed by atoms with Crippen molar-refractivity contribution in [1.82, 2.24) is 5.32 Å². The molecule has 0 saturated carbocycles. The standard InChI is InChI=1S/C27H29N3O3S/c1-27(2,3)19-12-9-17(10-13-19)25(32)30-26(34)29-20-14-11-18(24(16-20)33-4)15-23(31)21-7-5-6-8-22(21)28/h5-14,16H,15,28H2,1-4H3,(H2,29,30,32,34). The molecule has 0 fully saturated rings. The largest absolute Gasteiger partial charge is 0.496 e. The molecule has 0 aliphatic heterocycles. The van der Waals surface area contributed by atoms with Crippen molar-refractivity contribution >= 4 is 40.4 Å². The monoisotopic (exact) mass is 475 g/mol. The van der Waals surface area contributed by atoms with Crippen LogP contribution in [0.3, 0.4) is 0 Å². The molecule has 176 valence electrons. The number of nitrogens with two attached hydrogens (primary N) is 1. The summed E-state index contributed by atoms with van der Waals surface area (Å²) in [5, 5.41) is 5.84. The van der Waals surface area contributed by atoms with Crippen molar-refractivity contribution in [1.29, 1.82) is 0 Å². The molecule has 0 heterocycles. The molecule has 0 aromatic heterocycles. The fourth-order valence-electron chi connectivity index (χ4n) is 3.45. The van der Waals surface area contributed by atoms with Crippen LogP contribution in [0.4, 0.5) is 11.4 Å². The number of hydrogen-bond donors (Lipinski definition) is 3. The van der Waals surface area contributed by atoms with Gasteiger partial charge in [0.2, 0.25) is 0 Å². The highest BCUT2D eigenvalue weighted by Gasteiger charge is 2.16. The second kappa shape index (κ2) is 10.5. The molecule has 0 spiro atoms. The zero-order valence-electron chi connectivity index (χ0n) is 19.8. The van der Waals surface area contributed by atoms with Gasteiger partial charge in [0, 0.05) is 40.6 Å². The van der Waals surface area contributed by atoms with Gasteiger partial charge in [-0.2, -0.15) is 0 Å². The van der Waals surface area contributed by atoms with Crippen molar-refractivity contribution in [3.05, 3.63) is 89.0 Å². The molecule has 3 aromatic carbocycles. The second-order valence-electron chi connectivity index (χ2n) is 8.95. The Hall–Kier alpha value is -3.71. The average molecular weight is 476 g/mol. The van der Waals surface area contributed by atoms with Crippen molar-refractivity contribution in [2.75, 3.05) is 18.2 Å². The number of thiocarbonyl (C=S) groups is 1. The molecule has 7 heteroatoms. The average Bonchev–Trinajstić information content (AvgIpc) is 2.79. The zero-order chi connectivity index (χ0) is 24.9. The predicted molar refractivity (Wildman–Crippen MR) is 141 cm³/mol. The summed E-state index contributed by atoms with van der Waals surface area (Å²) in [6.45, 7) is 6.36. The van der Waals surface area contributed by atoms with Gasteiger partial charge in [-0.1, -0.05) is 51.1 Å². The number of amides is 1. The van der Waals surface area contributed by atoms with E-state index in [-0.39, 0.29) is 28.6 Å². The number of ketones is 1. The van der Waals surface area contributed by atoms with Crippen molar-refractivity contribution in [2.45, 2.75) is 32.6 Å². The van der Waals surface area contributed by atoms with Crippen molar-refractivity contribution in [3.8, 4) is 5.75 Å². The minimum absolute atomic E-state index is 0.00932.